The van der Waals surface area contributed by atoms with Crippen LogP contribution < -0.4 is 0 Å². The van der Waals surface area contributed by atoms with Crippen LogP contribution in [0.2, 0.25) is 0 Å². The molecule has 0 heterocycles. The zero-order chi connectivity index (χ0) is 5.49. The van der Waals surface area contributed by atoms with E-state index < -0.39 is 0 Å². The molecule has 1 aliphatic rings. The number of rotatable bonds is 0. The van der Waals surface area contributed by atoms with E-state index in [4.69, 9.17) is 16.9 Å². The van der Waals surface area contributed by atoms with Crippen LogP contribution in [0.1, 0.15) is 6.42 Å². The second-order valence-corrected chi connectivity index (χ2v) is 4.19. The zero-order valence-corrected chi connectivity index (χ0v) is 5.83. The molecule has 1 saturated carbocycles. The van der Waals surface area contributed by atoms with Crippen molar-refractivity contribution < 1.29 is 0 Å². The fraction of sp³-hybridized carbons (Fsp3) is 0.750. The lowest BCUT2D eigenvalue weighted by Gasteiger charge is -1.84. The molecule has 0 radical (unpaired) electrons. The van der Waals surface area contributed by atoms with Crippen molar-refractivity contribution in [1.29, 1.82) is 5.26 Å². The van der Waals surface area contributed by atoms with Crippen molar-refractivity contribution in [2.24, 2.45) is 5.92 Å². The van der Waals surface area contributed by atoms with E-state index in [0.717, 1.165) is 6.42 Å². The van der Waals surface area contributed by atoms with Gasteiger partial charge in [-0.2, -0.15) is 5.26 Å². The molecule has 7 heavy (non-hydrogen) atoms. The van der Waals surface area contributed by atoms with Crippen LogP contribution in [0.15, 0.2) is 0 Å². The SMILES string of the molecule is N#C[C@H]1CC1(Cl)Br. The standard InChI is InChI=1S/C4H3BrClN/c5-4(6)1-3(4)2-7/h3H,1H2/t3-,4?/m1/s1. The average Bonchev–Trinajstić information content (AvgIpc) is 2.13. The summed E-state index contributed by atoms with van der Waals surface area (Å²) in [4.78, 5) is 0. The van der Waals surface area contributed by atoms with Crippen molar-refractivity contribution in [2.75, 3.05) is 0 Å². The molecule has 1 fully saturated rings. The molecule has 2 atom stereocenters. The smallest absolute Gasteiger partial charge is 0.116 e. The third-order valence-electron chi connectivity index (χ3n) is 0.982. The summed E-state index contributed by atoms with van der Waals surface area (Å²) in [5.41, 5.74) is 0. The van der Waals surface area contributed by atoms with E-state index in [1.807, 2.05) is 0 Å². The second kappa shape index (κ2) is 1.37. The lowest BCUT2D eigenvalue weighted by molar-refractivity contribution is 1.12. The van der Waals surface area contributed by atoms with Crippen molar-refractivity contribution in [1.82, 2.24) is 0 Å². The van der Waals surface area contributed by atoms with Gasteiger partial charge in [0.15, 0.2) is 0 Å². The molecule has 0 amide bonds. The third-order valence-corrected chi connectivity index (χ3v) is 2.28. The van der Waals surface area contributed by atoms with Gasteiger partial charge in [-0.3, -0.25) is 0 Å². The summed E-state index contributed by atoms with van der Waals surface area (Å²) in [6.45, 7) is 0. The summed E-state index contributed by atoms with van der Waals surface area (Å²) >= 11 is 8.76. The molecule has 0 aromatic heterocycles. The van der Waals surface area contributed by atoms with Crippen molar-refractivity contribution >= 4 is 27.5 Å². The molecule has 0 bridgehead atoms. The molecule has 0 saturated heterocycles. The van der Waals surface area contributed by atoms with E-state index in [1.165, 1.54) is 0 Å². The molecule has 3 heteroatoms. The first-order chi connectivity index (χ1) is 3.17. The van der Waals surface area contributed by atoms with Crippen LogP contribution in [0.4, 0.5) is 0 Å². The summed E-state index contributed by atoms with van der Waals surface area (Å²) in [5.74, 6) is 0.0363. The van der Waals surface area contributed by atoms with Gasteiger partial charge in [-0.1, -0.05) is 15.9 Å². The van der Waals surface area contributed by atoms with Gasteiger partial charge < -0.3 is 0 Å². The van der Waals surface area contributed by atoms with Crippen LogP contribution in [0.5, 0.6) is 0 Å². The predicted octanol–water partition coefficient (Wildman–Crippen LogP) is 1.86. The van der Waals surface area contributed by atoms with Crippen molar-refractivity contribution in [2.45, 2.75) is 10.2 Å². The Morgan fingerprint density at radius 2 is 2.43 bits per heavy atom. The molecule has 1 aliphatic carbocycles. The van der Waals surface area contributed by atoms with E-state index in [1.54, 1.807) is 0 Å². The predicted molar refractivity (Wildman–Crippen MR) is 31.2 cm³/mol. The van der Waals surface area contributed by atoms with Gasteiger partial charge in [0.25, 0.3) is 0 Å². The van der Waals surface area contributed by atoms with Gasteiger partial charge in [-0.15, -0.1) is 11.6 Å². The minimum Gasteiger partial charge on any atom is -0.198 e. The maximum Gasteiger partial charge on any atom is 0.116 e. The van der Waals surface area contributed by atoms with Gasteiger partial charge in [0.1, 0.15) is 3.78 Å². The molecule has 0 N–H and O–H groups in total. The van der Waals surface area contributed by atoms with E-state index in [9.17, 15) is 0 Å². The minimum absolute atomic E-state index is 0.0363. The molecule has 1 rings (SSSR count). The van der Waals surface area contributed by atoms with E-state index in [0.29, 0.717) is 0 Å². The van der Waals surface area contributed by atoms with Crippen LogP contribution >= 0.6 is 27.5 Å². The second-order valence-electron chi connectivity index (χ2n) is 1.65. The lowest BCUT2D eigenvalue weighted by Crippen LogP contribution is -1.82. The highest BCUT2D eigenvalue weighted by Crippen LogP contribution is 2.54. The molecule has 38 valence electrons. The Morgan fingerprint density at radius 3 is 2.43 bits per heavy atom. The van der Waals surface area contributed by atoms with E-state index in [-0.39, 0.29) is 9.70 Å². The largest absolute Gasteiger partial charge is 0.198 e. The van der Waals surface area contributed by atoms with Gasteiger partial charge in [0, 0.05) is 0 Å². The molecule has 0 aliphatic heterocycles. The Bertz CT molecular complexity index is 126. The Morgan fingerprint density at radius 1 is 2.00 bits per heavy atom. The lowest BCUT2D eigenvalue weighted by atomic mass is 10.5. The molecule has 1 unspecified atom stereocenters. The van der Waals surface area contributed by atoms with Crippen LogP contribution in [0.3, 0.4) is 0 Å². The highest BCUT2D eigenvalue weighted by Gasteiger charge is 2.51. The molecule has 1 nitrogen and oxygen atoms in total. The van der Waals surface area contributed by atoms with Gasteiger partial charge in [0.2, 0.25) is 0 Å². The Hall–Kier alpha value is 0.260. The Balaban J connectivity index is 2.49. The fourth-order valence-electron chi connectivity index (χ4n) is 0.353. The molecule has 0 aromatic rings. The van der Waals surface area contributed by atoms with Gasteiger partial charge in [-0.05, 0) is 6.42 Å². The highest BCUT2D eigenvalue weighted by molar-refractivity contribution is 9.10. The third kappa shape index (κ3) is 0.896. The van der Waals surface area contributed by atoms with Crippen molar-refractivity contribution in [3.8, 4) is 6.07 Å². The molecular weight excluding hydrogens is 177 g/mol. The van der Waals surface area contributed by atoms with Crippen LogP contribution in [-0.2, 0) is 0 Å². The number of alkyl halides is 2. The quantitative estimate of drug-likeness (QED) is 0.522. The first-order valence-electron chi connectivity index (χ1n) is 1.94. The zero-order valence-electron chi connectivity index (χ0n) is 3.49. The minimum atomic E-state index is -0.359. The van der Waals surface area contributed by atoms with E-state index >= 15 is 0 Å². The number of nitrogens with zero attached hydrogens (tertiary/aromatic N) is 1. The van der Waals surface area contributed by atoms with Gasteiger partial charge >= 0.3 is 0 Å². The number of hydrogen-bond acceptors (Lipinski definition) is 1. The number of halogens is 2. The van der Waals surface area contributed by atoms with Crippen LogP contribution in [0, 0.1) is 17.2 Å². The summed E-state index contributed by atoms with van der Waals surface area (Å²) < 4.78 is -0.359. The fourth-order valence-corrected chi connectivity index (χ4v) is 0.983. The summed E-state index contributed by atoms with van der Waals surface area (Å²) in [6, 6.07) is 2.05. The van der Waals surface area contributed by atoms with Gasteiger partial charge in [0.05, 0.1) is 12.0 Å². The average molecular weight is 180 g/mol. The van der Waals surface area contributed by atoms with Gasteiger partial charge in [-0.25, -0.2) is 0 Å². The van der Waals surface area contributed by atoms with Crippen LogP contribution in [-0.4, -0.2) is 3.78 Å². The summed E-state index contributed by atoms with van der Waals surface area (Å²) in [5, 5.41) is 8.18. The molecule has 0 aromatic carbocycles. The molecule has 0 spiro atoms. The van der Waals surface area contributed by atoms with Crippen molar-refractivity contribution in [3.63, 3.8) is 0 Å². The maximum absolute atomic E-state index is 8.18. The summed E-state index contributed by atoms with van der Waals surface area (Å²) in [7, 11) is 0. The topological polar surface area (TPSA) is 23.8 Å². The maximum atomic E-state index is 8.18. The van der Waals surface area contributed by atoms with E-state index in [2.05, 4.69) is 22.0 Å². The van der Waals surface area contributed by atoms with Crippen molar-refractivity contribution in [3.05, 3.63) is 0 Å². The Labute approximate surface area is 55.4 Å². The number of hydrogen-bond donors (Lipinski definition) is 0. The number of nitriles is 1. The highest BCUT2D eigenvalue weighted by atomic mass is 79.9. The normalized spacial score (nSPS) is 47.9. The first kappa shape index (κ1) is 5.40. The first-order valence-corrected chi connectivity index (χ1v) is 3.11. The van der Waals surface area contributed by atoms with Crippen LogP contribution in [0.25, 0.3) is 0 Å². The Kier molecular flexibility index (Phi) is 1.05. The summed E-state index contributed by atoms with van der Waals surface area (Å²) in [6.07, 6.45) is 0.783. The molecular formula is C4H3BrClN. The monoisotopic (exact) mass is 179 g/mol.